The van der Waals surface area contributed by atoms with Gasteiger partial charge < -0.3 is 10.6 Å². The highest BCUT2D eigenvalue weighted by molar-refractivity contribution is 7.80. The molecule has 2 aromatic rings. The summed E-state index contributed by atoms with van der Waals surface area (Å²) in [6.45, 7) is 0.735. The molecule has 1 heterocycles. The van der Waals surface area contributed by atoms with Gasteiger partial charge in [0, 0.05) is 42.3 Å². The minimum absolute atomic E-state index is 0.369. The maximum Gasteiger partial charge on any atom is 0.106 e. The van der Waals surface area contributed by atoms with Gasteiger partial charge in [-0.2, -0.15) is 0 Å². The van der Waals surface area contributed by atoms with Crippen LogP contribution in [0.4, 0.5) is 5.69 Å². The quantitative estimate of drug-likeness (QED) is 0.880. The summed E-state index contributed by atoms with van der Waals surface area (Å²) in [5, 5.41) is 0.663. The third-order valence-electron chi connectivity index (χ3n) is 2.81. The Hall–Kier alpha value is -1.65. The fraction of sp³-hybridized carbons (Fsp3) is 0.143. The molecule has 0 aliphatic carbocycles. The Morgan fingerprint density at radius 3 is 2.63 bits per heavy atom. The number of hydrogen-bond acceptors (Lipinski definition) is 3. The van der Waals surface area contributed by atoms with Crippen LogP contribution in [0.5, 0.6) is 0 Å². The zero-order valence-corrected chi connectivity index (χ0v) is 12.1. The van der Waals surface area contributed by atoms with Crippen molar-refractivity contribution >= 4 is 34.5 Å². The second-order valence-corrected chi connectivity index (χ2v) is 5.11. The highest BCUT2D eigenvalue weighted by Crippen LogP contribution is 2.25. The maximum atomic E-state index is 6.05. The molecule has 1 aromatic heterocycles. The van der Waals surface area contributed by atoms with Gasteiger partial charge in [0.2, 0.25) is 0 Å². The van der Waals surface area contributed by atoms with E-state index >= 15 is 0 Å². The largest absolute Gasteiger partial charge is 0.389 e. The van der Waals surface area contributed by atoms with Crippen LogP contribution in [0, 0.1) is 0 Å². The zero-order valence-electron chi connectivity index (χ0n) is 10.5. The van der Waals surface area contributed by atoms with E-state index in [1.54, 1.807) is 18.5 Å². The highest BCUT2D eigenvalue weighted by Gasteiger charge is 2.10. The Labute approximate surface area is 123 Å². The number of thiocarbonyl (C=S) groups is 1. The monoisotopic (exact) mass is 291 g/mol. The van der Waals surface area contributed by atoms with Crippen molar-refractivity contribution in [3.63, 3.8) is 0 Å². The molecule has 0 saturated carbocycles. The van der Waals surface area contributed by atoms with Gasteiger partial charge in [0.25, 0.3) is 0 Å². The molecule has 0 bridgehead atoms. The average Bonchev–Trinajstić information content (AvgIpc) is 2.39. The van der Waals surface area contributed by atoms with E-state index in [2.05, 4.69) is 9.88 Å². The second kappa shape index (κ2) is 5.99. The molecule has 2 N–H and O–H groups in total. The first-order chi connectivity index (χ1) is 9.08. The van der Waals surface area contributed by atoms with Gasteiger partial charge in [-0.3, -0.25) is 4.98 Å². The Morgan fingerprint density at radius 1 is 1.32 bits per heavy atom. The smallest absolute Gasteiger partial charge is 0.106 e. The molecule has 0 saturated heterocycles. The van der Waals surface area contributed by atoms with Crippen molar-refractivity contribution in [2.24, 2.45) is 5.73 Å². The van der Waals surface area contributed by atoms with Crippen molar-refractivity contribution < 1.29 is 0 Å². The summed E-state index contributed by atoms with van der Waals surface area (Å²) in [5.41, 5.74) is 8.66. The van der Waals surface area contributed by atoms with E-state index in [0.29, 0.717) is 10.0 Å². The van der Waals surface area contributed by atoms with E-state index in [-0.39, 0.29) is 0 Å². The lowest BCUT2D eigenvalue weighted by atomic mass is 10.1. The third-order valence-corrected chi connectivity index (χ3v) is 3.26. The SMILES string of the molecule is CN(Cc1ccncc1)c1cc(Cl)ccc1C(N)=S. The number of hydrogen-bond donors (Lipinski definition) is 1. The zero-order chi connectivity index (χ0) is 13.8. The van der Waals surface area contributed by atoms with Gasteiger partial charge in [0.1, 0.15) is 4.99 Å². The molecule has 1 aromatic carbocycles. The molecule has 0 atom stereocenters. The van der Waals surface area contributed by atoms with Crippen molar-refractivity contribution in [1.29, 1.82) is 0 Å². The number of halogens is 1. The second-order valence-electron chi connectivity index (χ2n) is 4.24. The van der Waals surface area contributed by atoms with Gasteiger partial charge in [0.15, 0.2) is 0 Å². The number of rotatable bonds is 4. The molecule has 0 fully saturated rings. The maximum absolute atomic E-state index is 6.05. The van der Waals surface area contributed by atoms with Crippen LogP contribution < -0.4 is 10.6 Å². The lowest BCUT2D eigenvalue weighted by Gasteiger charge is -2.22. The molecule has 0 radical (unpaired) electrons. The molecule has 0 spiro atoms. The molecule has 0 amide bonds. The topological polar surface area (TPSA) is 42.2 Å². The number of anilines is 1. The van der Waals surface area contributed by atoms with Crippen molar-refractivity contribution in [2.45, 2.75) is 6.54 Å². The summed E-state index contributed by atoms with van der Waals surface area (Å²) in [7, 11) is 1.98. The van der Waals surface area contributed by atoms with Gasteiger partial charge in [-0.25, -0.2) is 0 Å². The van der Waals surface area contributed by atoms with Crippen molar-refractivity contribution in [2.75, 3.05) is 11.9 Å². The van der Waals surface area contributed by atoms with E-state index in [0.717, 1.165) is 23.4 Å². The number of benzene rings is 1. The summed E-state index contributed by atoms with van der Waals surface area (Å²) in [6, 6.07) is 9.46. The normalized spacial score (nSPS) is 10.2. The molecule has 98 valence electrons. The Balaban J connectivity index is 2.30. The van der Waals surface area contributed by atoms with E-state index in [1.165, 1.54) is 0 Å². The summed E-state index contributed by atoms with van der Waals surface area (Å²) >= 11 is 11.1. The van der Waals surface area contributed by atoms with Gasteiger partial charge in [-0.1, -0.05) is 23.8 Å². The van der Waals surface area contributed by atoms with Crippen molar-refractivity contribution in [1.82, 2.24) is 4.98 Å². The Bertz CT molecular complexity index is 586. The molecular formula is C14H14ClN3S. The van der Waals surface area contributed by atoms with Crippen LogP contribution in [0.15, 0.2) is 42.7 Å². The van der Waals surface area contributed by atoms with Crippen molar-refractivity contribution in [3.8, 4) is 0 Å². The van der Waals surface area contributed by atoms with E-state index in [1.807, 2.05) is 31.3 Å². The average molecular weight is 292 g/mol. The first-order valence-electron chi connectivity index (χ1n) is 5.77. The predicted molar refractivity (Wildman–Crippen MR) is 83.7 cm³/mol. The van der Waals surface area contributed by atoms with Crippen molar-refractivity contribution in [3.05, 3.63) is 58.9 Å². The van der Waals surface area contributed by atoms with Gasteiger partial charge in [-0.05, 0) is 35.9 Å². The molecule has 3 nitrogen and oxygen atoms in total. The summed E-state index contributed by atoms with van der Waals surface area (Å²) < 4.78 is 0. The number of aromatic nitrogens is 1. The standard InChI is InChI=1S/C14H14ClN3S/c1-18(9-10-4-6-17-7-5-10)13-8-11(15)2-3-12(13)14(16)19/h2-8H,9H2,1H3,(H2,16,19). The van der Waals surface area contributed by atoms with E-state index in [4.69, 9.17) is 29.6 Å². The lowest BCUT2D eigenvalue weighted by Crippen LogP contribution is -2.21. The predicted octanol–water partition coefficient (Wildman–Crippen LogP) is 3.01. The van der Waals surface area contributed by atoms with Gasteiger partial charge in [0.05, 0.1) is 0 Å². The van der Waals surface area contributed by atoms with Crippen LogP contribution in [0.25, 0.3) is 0 Å². The number of nitrogens with two attached hydrogens (primary N) is 1. The van der Waals surface area contributed by atoms with Crippen LogP contribution in [-0.4, -0.2) is 17.0 Å². The lowest BCUT2D eigenvalue weighted by molar-refractivity contribution is 0.918. The van der Waals surface area contributed by atoms with Crippen LogP contribution >= 0.6 is 23.8 Å². The molecule has 2 rings (SSSR count). The van der Waals surface area contributed by atoms with Crippen LogP contribution in [0.2, 0.25) is 5.02 Å². The van der Waals surface area contributed by atoms with Crippen LogP contribution in [0.3, 0.4) is 0 Å². The first kappa shape index (κ1) is 13.8. The summed E-state index contributed by atoms with van der Waals surface area (Å²) in [6.07, 6.45) is 3.55. The minimum atomic E-state index is 0.369. The molecule has 0 aliphatic heterocycles. The van der Waals surface area contributed by atoms with Gasteiger partial charge >= 0.3 is 0 Å². The van der Waals surface area contributed by atoms with Crippen LogP contribution in [0.1, 0.15) is 11.1 Å². The molecule has 19 heavy (non-hydrogen) atoms. The van der Waals surface area contributed by atoms with E-state index in [9.17, 15) is 0 Å². The van der Waals surface area contributed by atoms with Gasteiger partial charge in [-0.15, -0.1) is 0 Å². The summed E-state index contributed by atoms with van der Waals surface area (Å²) in [4.78, 5) is 6.44. The molecule has 0 aliphatic rings. The summed E-state index contributed by atoms with van der Waals surface area (Å²) in [5.74, 6) is 0. The number of nitrogens with zero attached hydrogens (tertiary/aromatic N) is 2. The van der Waals surface area contributed by atoms with E-state index < -0.39 is 0 Å². The van der Waals surface area contributed by atoms with Crippen LogP contribution in [-0.2, 0) is 6.54 Å². The number of pyridine rings is 1. The minimum Gasteiger partial charge on any atom is -0.389 e. The Kier molecular flexibility index (Phi) is 4.35. The highest BCUT2D eigenvalue weighted by atomic mass is 35.5. The molecular weight excluding hydrogens is 278 g/mol. The third kappa shape index (κ3) is 3.43. The Morgan fingerprint density at radius 2 is 2.00 bits per heavy atom. The molecule has 5 heteroatoms. The fourth-order valence-electron chi connectivity index (χ4n) is 1.88. The molecule has 0 unspecified atom stereocenters. The fourth-order valence-corrected chi connectivity index (χ4v) is 2.22. The first-order valence-corrected chi connectivity index (χ1v) is 6.56.